The number of ether oxygens (including phenoxy) is 2. The van der Waals surface area contributed by atoms with Crippen molar-refractivity contribution in [2.45, 2.75) is 0 Å². The zero-order valence-corrected chi connectivity index (χ0v) is 15.3. The van der Waals surface area contributed by atoms with Gasteiger partial charge in [0.1, 0.15) is 23.8 Å². The fourth-order valence-electron chi connectivity index (χ4n) is 3.09. The molecule has 0 saturated carbocycles. The van der Waals surface area contributed by atoms with Crippen LogP contribution in [0.5, 0.6) is 11.5 Å². The molecule has 27 heavy (non-hydrogen) atoms. The van der Waals surface area contributed by atoms with Crippen LogP contribution < -0.4 is 20.1 Å². The van der Waals surface area contributed by atoms with Gasteiger partial charge in [-0.3, -0.25) is 15.0 Å². The van der Waals surface area contributed by atoms with Crippen LogP contribution in [0.15, 0.2) is 42.5 Å². The third-order valence-electron chi connectivity index (χ3n) is 4.68. The standard InChI is InChI=1S/C19H24N4O4/c1-26-16-4-2-15(3-5-16)22-10-8-21(9-11-22)12-13-27-17-6-7-18(20)19(14-17)23(24)25/h2-7,14H,8-13,20H2,1H3. The third kappa shape index (κ3) is 4.79. The lowest BCUT2D eigenvalue weighted by Crippen LogP contribution is -2.47. The van der Waals surface area contributed by atoms with Crippen molar-refractivity contribution < 1.29 is 14.4 Å². The Bertz CT molecular complexity index is 774. The van der Waals surface area contributed by atoms with E-state index in [9.17, 15) is 10.1 Å². The van der Waals surface area contributed by atoms with Gasteiger partial charge in [-0.2, -0.15) is 0 Å². The van der Waals surface area contributed by atoms with E-state index < -0.39 is 4.92 Å². The molecular weight excluding hydrogens is 348 g/mol. The molecule has 0 bridgehead atoms. The number of hydrogen-bond acceptors (Lipinski definition) is 7. The predicted molar refractivity (Wildman–Crippen MR) is 105 cm³/mol. The predicted octanol–water partition coefficient (Wildman–Crippen LogP) is 2.39. The van der Waals surface area contributed by atoms with Gasteiger partial charge in [0.15, 0.2) is 0 Å². The van der Waals surface area contributed by atoms with Gasteiger partial charge >= 0.3 is 0 Å². The molecular formula is C19H24N4O4. The molecule has 0 aliphatic carbocycles. The molecule has 144 valence electrons. The molecule has 2 aromatic rings. The summed E-state index contributed by atoms with van der Waals surface area (Å²) in [5.74, 6) is 1.32. The molecule has 1 saturated heterocycles. The topological polar surface area (TPSA) is 94.1 Å². The van der Waals surface area contributed by atoms with Gasteiger partial charge in [-0.25, -0.2) is 0 Å². The van der Waals surface area contributed by atoms with E-state index in [1.165, 1.54) is 17.8 Å². The summed E-state index contributed by atoms with van der Waals surface area (Å²) >= 11 is 0. The molecule has 0 radical (unpaired) electrons. The van der Waals surface area contributed by atoms with Crippen LogP contribution in [0.4, 0.5) is 17.1 Å². The minimum absolute atomic E-state index is 0.124. The zero-order valence-electron chi connectivity index (χ0n) is 15.3. The highest BCUT2D eigenvalue weighted by Crippen LogP contribution is 2.26. The summed E-state index contributed by atoms with van der Waals surface area (Å²) in [6.45, 7) is 5.02. The SMILES string of the molecule is COc1ccc(N2CCN(CCOc3ccc(N)c([N+](=O)[O-])c3)CC2)cc1. The maximum absolute atomic E-state index is 10.9. The van der Waals surface area contributed by atoms with Crippen LogP contribution in [0.1, 0.15) is 0 Å². The van der Waals surface area contributed by atoms with E-state index >= 15 is 0 Å². The Hall–Kier alpha value is -3.00. The molecule has 1 heterocycles. The fourth-order valence-corrected chi connectivity index (χ4v) is 3.09. The van der Waals surface area contributed by atoms with Crippen LogP contribution in [0.3, 0.4) is 0 Å². The number of nitro benzene ring substituents is 1. The number of nitrogen functional groups attached to an aromatic ring is 1. The van der Waals surface area contributed by atoms with E-state index in [2.05, 4.69) is 21.9 Å². The summed E-state index contributed by atoms with van der Waals surface area (Å²) in [5, 5.41) is 10.9. The molecule has 0 amide bonds. The largest absolute Gasteiger partial charge is 0.497 e. The van der Waals surface area contributed by atoms with Gasteiger partial charge in [-0.05, 0) is 36.4 Å². The molecule has 0 atom stereocenters. The Morgan fingerprint density at radius 3 is 2.37 bits per heavy atom. The molecule has 0 unspecified atom stereocenters. The number of benzene rings is 2. The Labute approximate surface area is 158 Å². The Balaban J connectivity index is 1.44. The maximum atomic E-state index is 10.9. The van der Waals surface area contributed by atoms with Crippen molar-refractivity contribution in [1.82, 2.24) is 4.90 Å². The summed E-state index contributed by atoms with van der Waals surface area (Å²) in [4.78, 5) is 15.1. The van der Waals surface area contributed by atoms with E-state index in [-0.39, 0.29) is 11.4 Å². The van der Waals surface area contributed by atoms with E-state index in [0.29, 0.717) is 12.4 Å². The molecule has 2 aromatic carbocycles. The Kier molecular flexibility index (Phi) is 5.97. The summed E-state index contributed by atoms with van der Waals surface area (Å²) in [6, 6.07) is 12.6. The van der Waals surface area contributed by atoms with Crippen molar-refractivity contribution in [3.8, 4) is 11.5 Å². The fraction of sp³-hybridized carbons (Fsp3) is 0.368. The summed E-state index contributed by atoms with van der Waals surface area (Å²) < 4.78 is 10.9. The van der Waals surface area contributed by atoms with Crippen LogP contribution in [0.2, 0.25) is 0 Å². The minimum Gasteiger partial charge on any atom is -0.497 e. The molecule has 0 aromatic heterocycles. The summed E-state index contributed by atoms with van der Waals surface area (Å²) in [7, 11) is 1.67. The number of nitrogens with two attached hydrogens (primary N) is 1. The van der Waals surface area contributed by atoms with Gasteiger partial charge in [0, 0.05) is 38.4 Å². The first-order valence-corrected chi connectivity index (χ1v) is 8.85. The lowest BCUT2D eigenvalue weighted by molar-refractivity contribution is -0.384. The van der Waals surface area contributed by atoms with E-state index in [4.69, 9.17) is 15.2 Å². The van der Waals surface area contributed by atoms with Crippen molar-refractivity contribution in [2.24, 2.45) is 0 Å². The number of anilines is 2. The second kappa shape index (κ2) is 8.59. The molecule has 2 N–H and O–H groups in total. The first-order chi connectivity index (χ1) is 13.1. The van der Waals surface area contributed by atoms with E-state index in [1.54, 1.807) is 13.2 Å². The van der Waals surface area contributed by atoms with Gasteiger partial charge in [0.25, 0.3) is 5.69 Å². The first kappa shape index (κ1) is 18.8. The van der Waals surface area contributed by atoms with E-state index in [0.717, 1.165) is 38.5 Å². The average molecular weight is 372 g/mol. The van der Waals surface area contributed by atoms with Gasteiger partial charge < -0.3 is 20.1 Å². The second-order valence-corrected chi connectivity index (χ2v) is 6.35. The Morgan fingerprint density at radius 1 is 1.07 bits per heavy atom. The zero-order chi connectivity index (χ0) is 19.2. The number of methoxy groups -OCH3 is 1. The van der Waals surface area contributed by atoms with Crippen LogP contribution in [-0.2, 0) is 0 Å². The highest BCUT2D eigenvalue weighted by Gasteiger charge is 2.17. The third-order valence-corrected chi connectivity index (χ3v) is 4.68. The Morgan fingerprint density at radius 2 is 1.74 bits per heavy atom. The molecule has 8 heteroatoms. The quantitative estimate of drug-likeness (QED) is 0.453. The van der Waals surface area contributed by atoms with Gasteiger partial charge in [-0.15, -0.1) is 0 Å². The smallest absolute Gasteiger partial charge is 0.295 e. The summed E-state index contributed by atoms with van der Waals surface area (Å²) in [6.07, 6.45) is 0. The molecule has 1 aliphatic rings. The molecule has 3 rings (SSSR count). The van der Waals surface area contributed by atoms with Crippen molar-refractivity contribution >= 4 is 17.1 Å². The molecule has 0 spiro atoms. The van der Waals surface area contributed by atoms with Crippen molar-refractivity contribution in [3.63, 3.8) is 0 Å². The average Bonchev–Trinajstić information content (AvgIpc) is 2.69. The highest BCUT2D eigenvalue weighted by molar-refractivity contribution is 5.60. The monoisotopic (exact) mass is 372 g/mol. The van der Waals surface area contributed by atoms with Gasteiger partial charge in [0.05, 0.1) is 18.1 Å². The number of nitro groups is 1. The normalized spacial score (nSPS) is 14.8. The lowest BCUT2D eigenvalue weighted by atomic mass is 10.2. The van der Waals surface area contributed by atoms with Crippen LogP contribution in [0.25, 0.3) is 0 Å². The maximum Gasteiger partial charge on any atom is 0.295 e. The first-order valence-electron chi connectivity index (χ1n) is 8.85. The number of rotatable bonds is 7. The van der Waals surface area contributed by atoms with Crippen LogP contribution in [0, 0.1) is 10.1 Å². The highest BCUT2D eigenvalue weighted by atomic mass is 16.6. The van der Waals surface area contributed by atoms with Gasteiger partial charge in [0.2, 0.25) is 0 Å². The number of nitrogens with zero attached hydrogens (tertiary/aromatic N) is 3. The number of piperazine rings is 1. The van der Waals surface area contributed by atoms with Crippen molar-refractivity contribution in [3.05, 3.63) is 52.6 Å². The second-order valence-electron chi connectivity index (χ2n) is 6.35. The summed E-state index contributed by atoms with van der Waals surface area (Å²) in [5.41, 5.74) is 6.81. The number of hydrogen-bond donors (Lipinski definition) is 1. The minimum atomic E-state index is -0.499. The van der Waals surface area contributed by atoms with E-state index in [1.807, 2.05) is 12.1 Å². The lowest BCUT2D eigenvalue weighted by Gasteiger charge is -2.36. The van der Waals surface area contributed by atoms with Crippen molar-refractivity contribution in [1.29, 1.82) is 0 Å². The molecule has 1 aliphatic heterocycles. The molecule has 1 fully saturated rings. The molecule has 8 nitrogen and oxygen atoms in total. The van der Waals surface area contributed by atoms with Crippen molar-refractivity contribution in [2.75, 3.05) is 57.1 Å². The van der Waals surface area contributed by atoms with Crippen LogP contribution >= 0.6 is 0 Å². The van der Waals surface area contributed by atoms with Gasteiger partial charge in [-0.1, -0.05) is 0 Å². The van der Waals surface area contributed by atoms with Crippen LogP contribution in [-0.4, -0.2) is 56.3 Å².